The van der Waals surface area contributed by atoms with Crippen molar-refractivity contribution >= 4 is 10.9 Å². The van der Waals surface area contributed by atoms with E-state index in [1.54, 1.807) is 6.26 Å². The quantitative estimate of drug-likeness (QED) is 0.394. The molecule has 1 aromatic carbocycles. The van der Waals surface area contributed by atoms with E-state index in [9.17, 15) is 4.79 Å². The standard InChI is InChI=1S/C27H32N6O3/c1-18-10-11-24-19(14-18)15-23(27(34)28-24)25(26-29-30-31-33(26)20-6-2-3-7-20)32(16-21-8-4-12-35-21)17-22-9-5-13-36-22/h4,8,10-12,14-15,20,22,25H,2-3,5-7,9,13,16-17H2,1H3,(H,28,34)/t22-,25-/m1/s1. The highest BCUT2D eigenvalue weighted by Crippen LogP contribution is 2.35. The van der Waals surface area contributed by atoms with Crippen molar-refractivity contribution in [3.63, 3.8) is 0 Å². The molecule has 6 rings (SSSR count). The van der Waals surface area contributed by atoms with Crippen molar-refractivity contribution in [2.75, 3.05) is 13.2 Å². The van der Waals surface area contributed by atoms with Crippen molar-refractivity contribution in [3.05, 3.63) is 75.7 Å². The molecule has 0 spiro atoms. The Labute approximate surface area is 209 Å². The van der Waals surface area contributed by atoms with Gasteiger partial charge in [-0.1, -0.05) is 24.5 Å². The molecular weight excluding hydrogens is 456 g/mol. The summed E-state index contributed by atoms with van der Waals surface area (Å²) < 4.78 is 13.7. The number of aromatic nitrogens is 5. The maximum atomic E-state index is 13.6. The van der Waals surface area contributed by atoms with Crippen LogP contribution in [-0.2, 0) is 11.3 Å². The Morgan fingerprint density at radius 3 is 2.83 bits per heavy atom. The van der Waals surface area contributed by atoms with Crippen LogP contribution in [-0.4, -0.2) is 49.3 Å². The Morgan fingerprint density at radius 1 is 1.17 bits per heavy atom. The first-order valence-electron chi connectivity index (χ1n) is 12.9. The zero-order chi connectivity index (χ0) is 24.5. The number of ether oxygens (including phenoxy) is 1. The summed E-state index contributed by atoms with van der Waals surface area (Å²) in [5.74, 6) is 1.52. The van der Waals surface area contributed by atoms with Crippen LogP contribution < -0.4 is 5.56 Å². The molecule has 2 aliphatic rings. The normalized spacial score (nSPS) is 19.6. The van der Waals surface area contributed by atoms with Crippen molar-refractivity contribution in [1.82, 2.24) is 30.1 Å². The number of hydrogen-bond donors (Lipinski definition) is 1. The first-order valence-corrected chi connectivity index (χ1v) is 12.9. The van der Waals surface area contributed by atoms with Gasteiger partial charge in [-0.05, 0) is 78.8 Å². The number of aryl methyl sites for hydroxylation is 1. The minimum atomic E-state index is -0.455. The molecule has 0 bridgehead atoms. The Balaban J connectivity index is 1.50. The van der Waals surface area contributed by atoms with Gasteiger partial charge in [0.2, 0.25) is 0 Å². The number of hydrogen-bond acceptors (Lipinski definition) is 7. The van der Waals surface area contributed by atoms with Crippen LogP contribution in [0.1, 0.15) is 73.3 Å². The van der Waals surface area contributed by atoms with E-state index in [1.165, 1.54) is 0 Å². The van der Waals surface area contributed by atoms with E-state index in [1.807, 2.05) is 35.0 Å². The second kappa shape index (κ2) is 9.99. The van der Waals surface area contributed by atoms with Crippen molar-refractivity contribution in [3.8, 4) is 0 Å². The minimum absolute atomic E-state index is 0.0834. The first-order chi connectivity index (χ1) is 17.7. The van der Waals surface area contributed by atoms with E-state index in [0.717, 1.165) is 67.4 Å². The maximum absolute atomic E-state index is 13.6. The van der Waals surface area contributed by atoms with Crippen LogP contribution in [0.25, 0.3) is 10.9 Å². The molecule has 2 atom stereocenters. The number of tetrazole rings is 1. The van der Waals surface area contributed by atoms with Gasteiger partial charge in [0.05, 0.1) is 25.0 Å². The molecule has 36 heavy (non-hydrogen) atoms. The van der Waals surface area contributed by atoms with Gasteiger partial charge >= 0.3 is 0 Å². The molecule has 3 aromatic heterocycles. The number of H-pyrrole nitrogens is 1. The molecule has 1 aliphatic heterocycles. The van der Waals surface area contributed by atoms with Crippen LogP contribution in [0.5, 0.6) is 0 Å². The summed E-state index contributed by atoms with van der Waals surface area (Å²) in [6.07, 6.45) is 8.21. The number of aromatic amines is 1. The van der Waals surface area contributed by atoms with E-state index in [0.29, 0.717) is 24.5 Å². The Morgan fingerprint density at radius 2 is 2.06 bits per heavy atom. The van der Waals surface area contributed by atoms with Gasteiger partial charge in [0.25, 0.3) is 5.56 Å². The monoisotopic (exact) mass is 488 g/mol. The number of rotatable bonds is 8. The zero-order valence-corrected chi connectivity index (χ0v) is 20.6. The Kier molecular flexibility index (Phi) is 6.41. The summed E-state index contributed by atoms with van der Waals surface area (Å²) in [5.41, 5.74) is 2.46. The summed E-state index contributed by atoms with van der Waals surface area (Å²) in [6, 6.07) is 11.7. The van der Waals surface area contributed by atoms with Crippen LogP contribution in [0.3, 0.4) is 0 Å². The van der Waals surface area contributed by atoms with E-state index in [2.05, 4.69) is 38.4 Å². The van der Waals surface area contributed by atoms with Crippen molar-refractivity contribution in [2.45, 2.75) is 70.2 Å². The molecule has 9 nitrogen and oxygen atoms in total. The molecule has 2 fully saturated rings. The van der Waals surface area contributed by atoms with E-state index >= 15 is 0 Å². The third kappa shape index (κ3) is 4.60. The summed E-state index contributed by atoms with van der Waals surface area (Å²) in [5, 5.41) is 14.1. The maximum Gasteiger partial charge on any atom is 0.253 e. The molecule has 0 radical (unpaired) electrons. The second-order valence-electron chi connectivity index (χ2n) is 10.1. The van der Waals surface area contributed by atoms with Crippen LogP contribution in [0.2, 0.25) is 0 Å². The topological polar surface area (TPSA) is 102 Å². The summed E-state index contributed by atoms with van der Waals surface area (Å²) in [7, 11) is 0. The lowest BCUT2D eigenvalue weighted by molar-refractivity contribution is 0.0541. The van der Waals surface area contributed by atoms with Gasteiger partial charge in [-0.3, -0.25) is 9.69 Å². The zero-order valence-electron chi connectivity index (χ0n) is 20.6. The highest BCUT2D eigenvalue weighted by Gasteiger charge is 2.35. The first kappa shape index (κ1) is 23.1. The van der Waals surface area contributed by atoms with Crippen LogP contribution in [0.4, 0.5) is 0 Å². The van der Waals surface area contributed by atoms with Gasteiger partial charge in [-0.15, -0.1) is 5.10 Å². The van der Waals surface area contributed by atoms with Gasteiger partial charge in [0, 0.05) is 24.2 Å². The molecule has 4 heterocycles. The molecule has 1 saturated carbocycles. The second-order valence-corrected chi connectivity index (χ2v) is 10.1. The SMILES string of the molecule is Cc1ccc2[nH]c(=O)c([C@H](c3nnnn3C3CCCC3)N(Cc3ccco3)C[C@H]3CCCO3)cc2c1. The molecule has 4 aromatic rings. The van der Waals surface area contributed by atoms with Crippen molar-refractivity contribution < 1.29 is 9.15 Å². The molecule has 188 valence electrons. The predicted octanol–water partition coefficient (Wildman–Crippen LogP) is 4.30. The summed E-state index contributed by atoms with van der Waals surface area (Å²) in [4.78, 5) is 19.0. The van der Waals surface area contributed by atoms with E-state index in [-0.39, 0.29) is 17.7 Å². The molecule has 0 amide bonds. The predicted molar refractivity (Wildman–Crippen MR) is 135 cm³/mol. The number of pyridine rings is 1. The van der Waals surface area contributed by atoms with Crippen molar-refractivity contribution in [1.29, 1.82) is 0 Å². The fourth-order valence-corrected chi connectivity index (χ4v) is 5.75. The summed E-state index contributed by atoms with van der Waals surface area (Å²) in [6.45, 7) is 3.98. The number of nitrogens with zero attached hydrogens (tertiary/aromatic N) is 5. The molecule has 9 heteroatoms. The minimum Gasteiger partial charge on any atom is -0.468 e. The third-order valence-electron chi connectivity index (χ3n) is 7.52. The van der Waals surface area contributed by atoms with Gasteiger partial charge in [0.15, 0.2) is 5.82 Å². The number of furan rings is 1. The summed E-state index contributed by atoms with van der Waals surface area (Å²) >= 11 is 0. The number of nitrogens with one attached hydrogen (secondary N) is 1. The van der Waals surface area contributed by atoms with E-state index < -0.39 is 6.04 Å². The largest absolute Gasteiger partial charge is 0.468 e. The molecule has 1 saturated heterocycles. The average Bonchev–Trinajstić information content (AvgIpc) is 3.68. The fraction of sp³-hybridized carbons (Fsp3) is 0.481. The third-order valence-corrected chi connectivity index (χ3v) is 7.52. The van der Waals surface area contributed by atoms with Gasteiger partial charge in [-0.25, -0.2) is 4.68 Å². The van der Waals surface area contributed by atoms with E-state index in [4.69, 9.17) is 9.15 Å². The average molecular weight is 489 g/mol. The van der Waals surface area contributed by atoms with Crippen LogP contribution >= 0.6 is 0 Å². The molecule has 1 aliphatic carbocycles. The molecule has 1 N–H and O–H groups in total. The smallest absolute Gasteiger partial charge is 0.253 e. The molecule has 0 unspecified atom stereocenters. The lowest BCUT2D eigenvalue weighted by Crippen LogP contribution is -2.39. The van der Waals surface area contributed by atoms with Crippen LogP contribution in [0.15, 0.2) is 51.9 Å². The van der Waals surface area contributed by atoms with Crippen LogP contribution in [0, 0.1) is 6.92 Å². The van der Waals surface area contributed by atoms with Gasteiger partial charge in [-0.2, -0.15) is 0 Å². The lowest BCUT2D eigenvalue weighted by Gasteiger charge is -2.32. The van der Waals surface area contributed by atoms with Crippen molar-refractivity contribution in [2.24, 2.45) is 0 Å². The molecular formula is C27H32N6O3. The number of fused-ring (bicyclic) bond motifs is 1. The highest BCUT2D eigenvalue weighted by atomic mass is 16.5. The Bertz CT molecular complexity index is 1370. The number of benzene rings is 1. The fourth-order valence-electron chi connectivity index (χ4n) is 5.75. The Hall–Kier alpha value is -3.30. The highest BCUT2D eigenvalue weighted by molar-refractivity contribution is 5.79. The van der Waals surface area contributed by atoms with Gasteiger partial charge in [0.1, 0.15) is 11.8 Å². The van der Waals surface area contributed by atoms with Gasteiger partial charge < -0.3 is 14.1 Å². The lowest BCUT2D eigenvalue weighted by atomic mass is 10.0.